The van der Waals surface area contributed by atoms with Crippen LogP contribution in [0.5, 0.6) is 5.75 Å². The highest BCUT2D eigenvalue weighted by Gasteiger charge is 2.19. The van der Waals surface area contributed by atoms with Gasteiger partial charge in [0.2, 0.25) is 0 Å². The van der Waals surface area contributed by atoms with E-state index < -0.39 is 0 Å². The lowest BCUT2D eigenvalue weighted by Crippen LogP contribution is -2.21. The van der Waals surface area contributed by atoms with Crippen LogP contribution in [0, 0.1) is 12.8 Å². The predicted molar refractivity (Wildman–Crippen MR) is 74.4 cm³/mol. The summed E-state index contributed by atoms with van der Waals surface area (Å²) in [5, 5.41) is 0. The highest BCUT2D eigenvalue weighted by molar-refractivity contribution is 5.99. The summed E-state index contributed by atoms with van der Waals surface area (Å²) in [4.78, 5) is 12.3. The molecule has 0 heterocycles. The largest absolute Gasteiger partial charge is 0.496 e. The van der Waals surface area contributed by atoms with Gasteiger partial charge in [-0.05, 0) is 36.1 Å². The van der Waals surface area contributed by atoms with Gasteiger partial charge in [-0.3, -0.25) is 4.79 Å². The van der Waals surface area contributed by atoms with E-state index >= 15 is 0 Å². The van der Waals surface area contributed by atoms with Crippen molar-refractivity contribution in [2.24, 2.45) is 11.7 Å². The van der Waals surface area contributed by atoms with Crippen molar-refractivity contribution >= 4 is 5.78 Å². The van der Waals surface area contributed by atoms with Crippen molar-refractivity contribution in [2.45, 2.75) is 33.6 Å². The van der Waals surface area contributed by atoms with Crippen LogP contribution in [0.3, 0.4) is 0 Å². The third-order valence-corrected chi connectivity index (χ3v) is 3.27. The second-order valence-corrected chi connectivity index (χ2v) is 5.06. The molecular weight excluding hydrogens is 226 g/mol. The fourth-order valence-electron chi connectivity index (χ4n) is 1.96. The summed E-state index contributed by atoms with van der Waals surface area (Å²) >= 11 is 0. The molecule has 0 aliphatic heterocycles. The molecule has 0 saturated carbocycles. The summed E-state index contributed by atoms with van der Waals surface area (Å²) in [5.74, 6) is 1.14. The molecule has 0 saturated heterocycles. The first kappa shape index (κ1) is 14.7. The van der Waals surface area contributed by atoms with Gasteiger partial charge in [0.1, 0.15) is 5.75 Å². The Morgan fingerprint density at radius 3 is 2.39 bits per heavy atom. The molecule has 0 aliphatic rings. The summed E-state index contributed by atoms with van der Waals surface area (Å²) in [6, 6.07) is 3.89. The molecule has 0 amide bonds. The molecule has 0 spiro atoms. The molecule has 100 valence electrons. The van der Waals surface area contributed by atoms with Crippen LogP contribution in [0.1, 0.15) is 48.2 Å². The topological polar surface area (TPSA) is 52.3 Å². The molecular formula is C15H23NO2. The number of hydrogen-bond donors (Lipinski definition) is 1. The maximum atomic E-state index is 12.3. The molecule has 0 aliphatic carbocycles. The van der Waals surface area contributed by atoms with Gasteiger partial charge in [0, 0.05) is 18.0 Å². The fourth-order valence-corrected chi connectivity index (χ4v) is 1.96. The number of nitrogens with two attached hydrogens (primary N) is 1. The summed E-state index contributed by atoms with van der Waals surface area (Å²) in [6.07, 6.45) is 0. The molecule has 0 fully saturated rings. The molecule has 3 heteroatoms. The second kappa shape index (κ2) is 6.01. The third kappa shape index (κ3) is 2.91. The second-order valence-electron chi connectivity index (χ2n) is 5.06. The zero-order chi connectivity index (χ0) is 13.9. The highest BCUT2D eigenvalue weighted by atomic mass is 16.5. The average molecular weight is 249 g/mol. The van der Waals surface area contributed by atoms with Gasteiger partial charge in [0.25, 0.3) is 0 Å². The van der Waals surface area contributed by atoms with Crippen LogP contribution in [0.2, 0.25) is 0 Å². The van der Waals surface area contributed by atoms with Gasteiger partial charge in [-0.25, -0.2) is 0 Å². The Morgan fingerprint density at radius 1 is 1.33 bits per heavy atom. The predicted octanol–water partition coefficient (Wildman–Crippen LogP) is 2.90. The van der Waals surface area contributed by atoms with E-state index in [1.807, 2.05) is 26.0 Å². The van der Waals surface area contributed by atoms with Crippen molar-refractivity contribution in [3.05, 3.63) is 28.8 Å². The van der Waals surface area contributed by atoms with E-state index in [0.29, 0.717) is 12.5 Å². The molecule has 3 nitrogen and oxygen atoms in total. The summed E-state index contributed by atoms with van der Waals surface area (Å²) < 4.78 is 5.37. The lowest BCUT2D eigenvalue weighted by molar-refractivity contribution is 0.0933. The lowest BCUT2D eigenvalue weighted by atomic mass is 9.91. The number of ether oxygens (including phenoxy) is 1. The van der Waals surface area contributed by atoms with E-state index in [1.165, 1.54) is 0 Å². The average Bonchev–Trinajstić information content (AvgIpc) is 2.36. The Morgan fingerprint density at radius 2 is 1.94 bits per heavy atom. The zero-order valence-electron chi connectivity index (χ0n) is 11.9. The Labute approximate surface area is 109 Å². The number of Topliss-reactive ketones (excluding diaryl/α,β-unsaturated/α-hetero) is 1. The smallest absolute Gasteiger partial charge is 0.167 e. The summed E-state index contributed by atoms with van der Waals surface area (Å²) in [7, 11) is 1.66. The third-order valence-electron chi connectivity index (χ3n) is 3.27. The summed E-state index contributed by atoms with van der Waals surface area (Å²) in [6.45, 7) is 8.35. The van der Waals surface area contributed by atoms with E-state index in [1.54, 1.807) is 7.11 Å². The van der Waals surface area contributed by atoms with Gasteiger partial charge < -0.3 is 10.5 Å². The van der Waals surface area contributed by atoms with E-state index in [-0.39, 0.29) is 11.7 Å². The number of hydrogen-bond acceptors (Lipinski definition) is 3. The van der Waals surface area contributed by atoms with E-state index in [4.69, 9.17) is 10.5 Å². The molecule has 1 unspecified atom stereocenters. The first-order valence-electron chi connectivity index (χ1n) is 6.35. The molecule has 0 bridgehead atoms. The Kier molecular flexibility index (Phi) is 4.91. The van der Waals surface area contributed by atoms with Gasteiger partial charge in [-0.1, -0.05) is 20.8 Å². The zero-order valence-corrected chi connectivity index (χ0v) is 11.9. The van der Waals surface area contributed by atoms with Gasteiger partial charge in [-0.15, -0.1) is 0 Å². The van der Waals surface area contributed by atoms with E-state index in [9.17, 15) is 4.79 Å². The molecule has 1 rings (SSSR count). The number of rotatable bonds is 5. The molecule has 0 aromatic heterocycles. The normalized spacial score (nSPS) is 12.6. The van der Waals surface area contributed by atoms with Crippen molar-refractivity contribution in [1.29, 1.82) is 0 Å². The van der Waals surface area contributed by atoms with Crippen molar-refractivity contribution in [3.63, 3.8) is 0 Å². The van der Waals surface area contributed by atoms with Crippen LogP contribution < -0.4 is 10.5 Å². The Bertz CT molecular complexity index is 438. The maximum Gasteiger partial charge on any atom is 0.167 e. The Balaban J connectivity index is 3.29. The van der Waals surface area contributed by atoms with Gasteiger partial charge >= 0.3 is 0 Å². The minimum Gasteiger partial charge on any atom is -0.496 e. The molecule has 1 aromatic rings. The number of ketones is 1. The number of carbonyl (C=O) groups is 1. The number of aryl methyl sites for hydroxylation is 1. The molecule has 0 radical (unpaired) electrons. The highest BCUT2D eigenvalue weighted by Crippen LogP contribution is 2.30. The quantitative estimate of drug-likeness (QED) is 0.816. The SMILES string of the molecule is COc1cc(C)c(C(=O)C(C)CN)cc1C(C)C. The number of carbonyl (C=O) groups excluding carboxylic acids is 1. The first-order chi connectivity index (χ1) is 8.42. The Hall–Kier alpha value is -1.35. The van der Waals surface area contributed by atoms with Crippen LogP contribution >= 0.6 is 0 Å². The molecule has 1 aromatic carbocycles. The van der Waals surface area contributed by atoms with Crippen molar-refractivity contribution in [1.82, 2.24) is 0 Å². The minimum atomic E-state index is -0.142. The van der Waals surface area contributed by atoms with Crippen LogP contribution in [-0.4, -0.2) is 19.4 Å². The fraction of sp³-hybridized carbons (Fsp3) is 0.533. The van der Waals surface area contributed by atoms with E-state index in [0.717, 1.165) is 22.4 Å². The maximum absolute atomic E-state index is 12.3. The monoisotopic (exact) mass is 249 g/mol. The van der Waals surface area contributed by atoms with Crippen LogP contribution in [0.4, 0.5) is 0 Å². The first-order valence-corrected chi connectivity index (χ1v) is 6.35. The van der Waals surface area contributed by atoms with Gasteiger partial charge in [0.15, 0.2) is 5.78 Å². The van der Waals surface area contributed by atoms with Gasteiger partial charge in [-0.2, -0.15) is 0 Å². The molecule has 2 N–H and O–H groups in total. The van der Waals surface area contributed by atoms with E-state index in [2.05, 4.69) is 13.8 Å². The van der Waals surface area contributed by atoms with Gasteiger partial charge in [0.05, 0.1) is 7.11 Å². The summed E-state index contributed by atoms with van der Waals surface area (Å²) in [5.41, 5.74) is 8.34. The van der Waals surface area contributed by atoms with Crippen LogP contribution in [0.15, 0.2) is 12.1 Å². The van der Waals surface area contributed by atoms with Crippen molar-refractivity contribution in [3.8, 4) is 5.75 Å². The lowest BCUT2D eigenvalue weighted by Gasteiger charge is -2.17. The standard InChI is InChI=1S/C15H23NO2/c1-9(2)12-7-13(15(17)11(4)8-16)10(3)6-14(12)18-5/h6-7,9,11H,8,16H2,1-5H3. The minimum absolute atomic E-state index is 0.111. The van der Waals surface area contributed by atoms with Crippen LogP contribution in [0.25, 0.3) is 0 Å². The molecule has 1 atom stereocenters. The van der Waals surface area contributed by atoms with Crippen LogP contribution in [-0.2, 0) is 0 Å². The number of methoxy groups -OCH3 is 1. The molecule has 18 heavy (non-hydrogen) atoms. The number of benzene rings is 1. The van der Waals surface area contributed by atoms with Crippen molar-refractivity contribution < 1.29 is 9.53 Å². The van der Waals surface area contributed by atoms with Crippen molar-refractivity contribution in [2.75, 3.05) is 13.7 Å².